The summed E-state index contributed by atoms with van der Waals surface area (Å²) in [6.07, 6.45) is 11.7. The van der Waals surface area contributed by atoms with Gasteiger partial charge in [0.1, 0.15) is 0 Å². The van der Waals surface area contributed by atoms with E-state index in [1.54, 1.807) is 20.1 Å². The minimum absolute atomic E-state index is 0.676. The summed E-state index contributed by atoms with van der Waals surface area (Å²) < 4.78 is 3.36. The van der Waals surface area contributed by atoms with Crippen molar-refractivity contribution in [3.05, 3.63) is 44.4 Å². The molecular formula is C16H22Mn. The summed E-state index contributed by atoms with van der Waals surface area (Å²) in [5.41, 5.74) is 3.18. The first-order valence-corrected chi connectivity index (χ1v) is 7.71. The molecule has 0 aromatic rings. The Morgan fingerprint density at radius 2 is 1.24 bits per heavy atom. The van der Waals surface area contributed by atoms with Crippen LogP contribution in [-0.4, -0.2) is 0 Å². The molecule has 0 aromatic carbocycles. The van der Waals surface area contributed by atoms with Gasteiger partial charge in [0.2, 0.25) is 0 Å². The summed E-state index contributed by atoms with van der Waals surface area (Å²) in [5, 5.41) is 0. The van der Waals surface area contributed by atoms with Gasteiger partial charge in [-0.15, -0.1) is 0 Å². The van der Waals surface area contributed by atoms with Gasteiger partial charge in [0, 0.05) is 0 Å². The summed E-state index contributed by atoms with van der Waals surface area (Å²) in [4.78, 5) is 0. The van der Waals surface area contributed by atoms with Crippen molar-refractivity contribution in [3.8, 4) is 0 Å². The van der Waals surface area contributed by atoms with E-state index in [1.165, 1.54) is 12.8 Å². The normalized spacial score (nSPS) is 19.6. The van der Waals surface area contributed by atoms with Crippen LogP contribution in [0.1, 0.15) is 40.5 Å². The molecule has 0 aliphatic heterocycles. The first-order chi connectivity index (χ1) is 8.09. The second-order valence-corrected chi connectivity index (χ2v) is 7.06. The van der Waals surface area contributed by atoms with E-state index in [4.69, 9.17) is 0 Å². The number of hydrogen-bond acceptors (Lipinski definition) is 0. The molecule has 2 rings (SSSR count). The van der Waals surface area contributed by atoms with Crippen molar-refractivity contribution in [2.45, 2.75) is 40.5 Å². The van der Waals surface area contributed by atoms with Gasteiger partial charge in [-0.25, -0.2) is 0 Å². The van der Waals surface area contributed by atoms with Crippen LogP contribution in [0.3, 0.4) is 0 Å². The number of allylic oxidation sites excluding steroid dienone is 8. The first-order valence-electron chi connectivity index (χ1n) is 6.53. The molecule has 0 N–H and O–H groups in total. The van der Waals surface area contributed by atoms with Gasteiger partial charge < -0.3 is 0 Å². The molecule has 0 unspecified atom stereocenters. The van der Waals surface area contributed by atoms with Crippen LogP contribution in [0, 0.1) is 11.8 Å². The van der Waals surface area contributed by atoms with Crippen LogP contribution in [0.2, 0.25) is 0 Å². The molecule has 0 atom stereocenters. The standard InChI is InChI=1S/2C8H11.Mn/c2*1-7(2)8-5-3-4-6-8;/h2*3,5,7H,4H2,1-2H3;. The van der Waals surface area contributed by atoms with Gasteiger partial charge in [-0.3, -0.25) is 0 Å². The average molecular weight is 269 g/mol. The Morgan fingerprint density at radius 1 is 0.824 bits per heavy atom. The third kappa shape index (κ3) is 2.84. The van der Waals surface area contributed by atoms with Crippen LogP contribution in [-0.2, 0) is 15.0 Å². The first kappa shape index (κ1) is 12.9. The summed E-state index contributed by atoms with van der Waals surface area (Å²) >= 11 is 0.886. The van der Waals surface area contributed by atoms with E-state index >= 15 is 0 Å². The van der Waals surface area contributed by atoms with E-state index in [2.05, 4.69) is 52.0 Å². The Morgan fingerprint density at radius 3 is 1.59 bits per heavy atom. The maximum absolute atomic E-state index is 2.34. The van der Waals surface area contributed by atoms with Crippen LogP contribution < -0.4 is 0 Å². The van der Waals surface area contributed by atoms with Crippen LogP contribution in [0.25, 0.3) is 0 Å². The molecule has 0 amide bonds. The van der Waals surface area contributed by atoms with E-state index < -0.39 is 0 Å². The molecule has 0 spiro atoms. The molecule has 0 radical (unpaired) electrons. The van der Waals surface area contributed by atoms with E-state index in [9.17, 15) is 0 Å². The summed E-state index contributed by atoms with van der Waals surface area (Å²) in [6, 6.07) is 0. The molecule has 0 saturated heterocycles. The minimum atomic E-state index is 0.676. The predicted molar refractivity (Wildman–Crippen MR) is 71.2 cm³/mol. The molecule has 0 fully saturated rings. The van der Waals surface area contributed by atoms with Gasteiger partial charge in [-0.2, -0.15) is 0 Å². The predicted octanol–water partition coefficient (Wildman–Crippen LogP) is 4.81. The Labute approximate surface area is 112 Å². The number of hydrogen-bond donors (Lipinski definition) is 0. The van der Waals surface area contributed by atoms with Crippen molar-refractivity contribution in [3.63, 3.8) is 0 Å². The van der Waals surface area contributed by atoms with Crippen molar-refractivity contribution < 1.29 is 15.0 Å². The van der Waals surface area contributed by atoms with Crippen molar-refractivity contribution in [2.24, 2.45) is 11.8 Å². The van der Waals surface area contributed by atoms with E-state index in [1.807, 2.05) is 0 Å². The Bertz CT molecular complexity index is 377. The molecule has 1 heteroatoms. The molecule has 0 aromatic heterocycles. The van der Waals surface area contributed by atoms with Crippen LogP contribution in [0.15, 0.2) is 44.4 Å². The summed E-state index contributed by atoms with van der Waals surface area (Å²) in [5.74, 6) is 1.35. The topological polar surface area (TPSA) is 0 Å². The van der Waals surface area contributed by atoms with E-state index in [0.717, 1.165) is 15.0 Å². The maximum atomic E-state index is 2.34. The molecule has 0 saturated carbocycles. The monoisotopic (exact) mass is 269 g/mol. The molecule has 0 heterocycles. The van der Waals surface area contributed by atoms with Crippen molar-refractivity contribution in [2.75, 3.05) is 0 Å². The zero-order chi connectivity index (χ0) is 12.4. The van der Waals surface area contributed by atoms with Gasteiger partial charge >= 0.3 is 112 Å². The van der Waals surface area contributed by atoms with Gasteiger partial charge in [0.25, 0.3) is 0 Å². The molecule has 0 nitrogen and oxygen atoms in total. The quantitative estimate of drug-likeness (QED) is 0.642. The third-order valence-electron chi connectivity index (χ3n) is 3.29. The fraction of sp³-hybridized carbons (Fsp3) is 0.500. The Balaban J connectivity index is 2.18. The van der Waals surface area contributed by atoms with Crippen molar-refractivity contribution in [1.29, 1.82) is 0 Å². The van der Waals surface area contributed by atoms with Gasteiger partial charge in [-0.1, -0.05) is 0 Å². The van der Waals surface area contributed by atoms with Crippen molar-refractivity contribution >= 4 is 0 Å². The molecule has 2 aliphatic carbocycles. The van der Waals surface area contributed by atoms with Crippen molar-refractivity contribution in [1.82, 2.24) is 0 Å². The van der Waals surface area contributed by atoms with E-state index in [-0.39, 0.29) is 0 Å². The SMILES string of the molecule is CC(C)C1=[C]([Mn][C]2=C(C(C)C)C=CC2)CC=C1. The number of rotatable bonds is 4. The molecule has 17 heavy (non-hydrogen) atoms. The van der Waals surface area contributed by atoms with Gasteiger partial charge in [-0.05, 0) is 0 Å². The third-order valence-corrected chi connectivity index (χ3v) is 5.16. The second-order valence-electron chi connectivity index (χ2n) is 5.34. The zero-order valence-corrected chi connectivity index (χ0v) is 12.4. The van der Waals surface area contributed by atoms with Gasteiger partial charge in [0.05, 0.1) is 0 Å². The van der Waals surface area contributed by atoms with Crippen LogP contribution in [0.4, 0.5) is 0 Å². The average Bonchev–Trinajstić information content (AvgIpc) is 2.86. The fourth-order valence-electron chi connectivity index (χ4n) is 2.33. The molecule has 93 valence electrons. The van der Waals surface area contributed by atoms with Crippen LogP contribution in [0.5, 0.6) is 0 Å². The zero-order valence-electron chi connectivity index (χ0n) is 11.3. The van der Waals surface area contributed by atoms with Crippen LogP contribution >= 0.6 is 0 Å². The Kier molecular flexibility index (Phi) is 4.12. The second kappa shape index (κ2) is 5.42. The van der Waals surface area contributed by atoms with Gasteiger partial charge in [0.15, 0.2) is 0 Å². The summed E-state index contributed by atoms with van der Waals surface area (Å²) in [7, 11) is 0. The molecular weight excluding hydrogens is 247 g/mol. The summed E-state index contributed by atoms with van der Waals surface area (Å²) in [6.45, 7) is 9.22. The van der Waals surface area contributed by atoms with E-state index in [0.29, 0.717) is 11.8 Å². The molecule has 2 aliphatic rings. The molecule has 0 bridgehead atoms. The Hall–Kier alpha value is -0.521. The fourth-order valence-corrected chi connectivity index (χ4v) is 4.50.